The van der Waals surface area contributed by atoms with Crippen molar-refractivity contribution in [1.29, 1.82) is 5.26 Å². The van der Waals surface area contributed by atoms with Crippen molar-refractivity contribution >= 4 is 6.72 Å². The molecular weight excluding hydrogens is 329 g/mol. The topological polar surface area (TPSA) is 53.4 Å². The molecule has 0 aliphatic heterocycles. The van der Waals surface area contributed by atoms with Crippen LogP contribution in [-0.4, -0.2) is 17.2 Å². The van der Waals surface area contributed by atoms with Crippen LogP contribution in [0.25, 0.3) is 11.1 Å². The summed E-state index contributed by atoms with van der Waals surface area (Å²) in [5.41, 5.74) is 1.29. The summed E-state index contributed by atoms with van der Waals surface area (Å²) in [7, 11) is 0. The van der Waals surface area contributed by atoms with Gasteiger partial charge in [-0.15, -0.1) is 5.10 Å². The standard InChI is InChI=1S/C18H15F3N4/c1-23-24-17-16(19)15(13-4-2-12(11-22)3-5-13)7-9-25(17)8-6-14-10-18(14,20)21/h2-5,7,9,14H,1,6,8,10H2/b24-17-. The Morgan fingerprint density at radius 3 is 2.52 bits per heavy atom. The number of hydrogen-bond donors (Lipinski definition) is 0. The average Bonchev–Trinajstić information content (AvgIpc) is 3.22. The molecule has 1 atom stereocenters. The van der Waals surface area contributed by atoms with E-state index in [0.717, 1.165) is 0 Å². The van der Waals surface area contributed by atoms with Gasteiger partial charge in [0.1, 0.15) is 0 Å². The molecule has 7 heteroatoms. The van der Waals surface area contributed by atoms with E-state index in [0.29, 0.717) is 16.7 Å². The second kappa shape index (κ2) is 6.55. The third-order valence-corrected chi connectivity index (χ3v) is 4.29. The minimum Gasteiger partial charge on any atom is -0.329 e. The Kier molecular flexibility index (Phi) is 4.45. The van der Waals surface area contributed by atoms with Gasteiger partial charge in [0, 0.05) is 37.4 Å². The summed E-state index contributed by atoms with van der Waals surface area (Å²) >= 11 is 0. The van der Waals surface area contributed by atoms with E-state index in [1.165, 1.54) is 4.57 Å². The molecule has 1 heterocycles. The smallest absolute Gasteiger partial charge is 0.251 e. The third-order valence-electron chi connectivity index (χ3n) is 4.29. The molecule has 1 fully saturated rings. The summed E-state index contributed by atoms with van der Waals surface area (Å²) in [6.45, 7) is 3.46. The molecule has 0 bridgehead atoms. The van der Waals surface area contributed by atoms with Crippen molar-refractivity contribution in [3.8, 4) is 17.2 Å². The SMILES string of the molecule is C=N/N=c1/c(F)c(-c2ccc(C#N)cc2)ccn1CCC1CC1(F)F. The van der Waals surface area contributed by atoms with Crippen LogP contribution >= 0.6 is 0 Å². The van der Waals surface area contributed by atoms with E-state index < -0.39 is 17.7 Å². The molecule has 1 aromatic heterocycles. The number of alkyl halides is 2. The lowest BCUT2D eigenvalue weighted by Crippen LogP contribution is -2.25. The maximum atomic E-state index is 14.9. The first-order valence-corrected chi connectivity index (χ1v) is 7.73. The monoisotopic (exact) mass is 344 g/mol. The summed E-state index contributed by atoms with van der Waals surface area (Å²) in [4.78, 5) is 0. The van der Waals surface area contributed by atoms with Crippen molar-refractivity contribution in [3.05, 3.63) is 53.4 Å². The zero-order valence-corrected chi connectivity index (χ0v) is 13.3. The van der Waals surface area contributed by atoms with Gasteiger partial charge >= 0.3 is 0 Å². The van der Waals surface area contributed by atoms with Gasteiger partial charge in [0.15, 0.2) is 11.3 Å². The van der Waals surface area contributed by atoms with Crippen LogP contribution in [0.2, 0.25) is 0 Å². The molecule has 4 nitrogen and oxygen atoms in total. The Morgan fingerprint density at radius 2 is 1.96 bits per heavy atom. The molecule has 2 aromatic rings. The second-order valence-electron chi connectivity index (χ2n) is 5.94. The minimum atomic E-state index is -2.60. The molecule has 0 N–H and O–H groups in total. The number of rotatable bonds is 5. The van der Waals surface area contributed by atoms with Crippen LogP contribution in [0, 0.1) is 23.1 Å². The van der Waals surface area contributed by atoms with E-state index in [9.17, 15) is 13.2 Å². The lowest BCUT2D eigenvalue weighted by Gasteiger charge is -2.11. The van der Waals surface area contributed by atoms with E-state index in [1.807, 2.05) is 6.07 Å². The van der Waals surface area contributed by atoms with E-state index >= 15 is 0 Å². The molecule has 0 spiro atoms. The fourth-order valence-electron chi connectivity index (χ4n) is 2.73. The highest BCUT2D eigenvalue weighted by Gasteiger charge is 2.55. The number of aryl methyl sites for hydroxylation is 1. The Hall–Kier alpha value is -2.88. The predicted octanol–water partition coefficient (Wildman–Crippen LogP) is 3.73. The number of nitriles is 1. The van der Waals surface area contributed by atoms with Gasteiger partial charge in [-0.2, -0.15) is 10.4 Å². The highest BCUT2D eigenvalue weighted by molar-refractivity contribution is 5.64. The van der Waals surface area contributed by atoms with Crippen molar-refractivity contribution in [2.75, 3.05) is 0 Å². The molecule has 0 radical (unpaired) electrons. The minimum absolute atomic E-state index is 0.0548. The summed E-state index contributed by atoms with van der Waals surface area (Å²) in [6, 6.07) is 10.0. The Bertz CT molecular complexity index is 907. The lowest BCUT2D eigenvalue weighted by molar-refractivity contribution is 0.0959. The van der Waals surface area contributed by atoms with Gasteiger partial charge in [0.2, 0.25) is 0 Å². The van der Waals surface area contributed by atoms with Crippen molar-refractivity contribution in [2.24, 2.45) is 16.1 Å². The van der Waals surface area contributed by atoms with E-state index in [1.54, 1.807) is 36.5 Å². The summed E-state index contributed by atoms with van der Waals surface area (Å²) in [5, 5.41) is 15.9. The van der Waals surface area contributed by atoms with Gasteiger partial charge in [0.25, 0.3) is 5.92 Å². The quantitative estimate of drug-likeness (QED) is 0.602. The highest BCUT2D eigenvalue weighted by Crippen LogP contribution is 2.50. The van der Waals surface area contributed by atoms with Gasteiger partial charge in [-0.05, 0) is 30.2 Å². The van der Waals surface area contributed by atoms with Gasteiger partial charge in [-0.25, -0.2) is 13.2 Å². The second-order valence-corrected chi connectivity index (χ2v) is 5.94. The van der Waals surface area contributed by atoms with Gasteiger partial charge in [-0.1, -0.05) is 12.1 Å². The summed E-state index contributed by atoms with van der Waals surface area (Å²) in [5.74, 6) is -3.87. The Labute approximate surface area is 142 Å². The zero-order valence-electron chi connectivity index (χ0n) is 13.3. The zero-order chi connectivity index (χ0) is 18.0. The van der Waals surface area contributed by atoms with E-state index in [2.05, 4.69) is 16.9 Å². The summed E-state index contributed by atoms with van der Waals surface area (Å²) < 4.78 is 42.4. The fourth-order valence-corrected chi connectivity index (χ4v) is 2.73. The Morgan fingerprint density at radius 1 is 1.28 bits per heavy atom. The maximum absolute atomic E-state index is 14.9. The molecule has 0 saturated heterocycles. The Balaban J connectivity index is 1.94. The van der Waals surface area contributed by atoms with Crippen molar-refractivity contribution in [2.45, 2.75) is 25.3 Å². The molecular formula is C18H15F3N4. The highest BCUT2D eigenvalue weighted by atomic mass is 19.3. The number of aromatic nitrogens is 1. The predicted molar refractivity (Wildman–Crippen MR) is 87.3 cm³/mol. The van der Waals surface area contributed by atoms with Crippen molar-refractivity contribution < 1.29 is 13.2 Å². The summed E-state index contributed by atoms with van der Waals surface area (Å²) in [6.07, 6.45) is 1.72. The molecule has 1 saturated carbocycles. The maximum Gasteiger partial charge on any atom is 0.251 e. The third kappa shape index (κ3) is 3.48. The molecule has 1 aliphatic rings. The first-order valence-electron chi connectivity index (χ1n) is 7.73. The van der Waals surface area contributed by atoms with E-state index in [4.69, 9.17) is 5.26 Å². The molecule has 0 amide bonds. The fraction of sp³-hybridized carbons (Fsp3) is 0.278. The number of halogens is 3. The van der Waals surface area contributed by atoms with Gasteiger partial charge < -0.3 is 4.57 Å². The normalized spacial score (nSPS) is 18.6. The van der Waals surface area contributed by atoms with E-state index in [-0.39, 0.29) is 24.9 Å². The van der Waals surface area contributed by atoms with Crippen LogP contribution in [0.4, 0.5) is 13.2 Å². The lowest BCUT2D eigenvalue weighted by atomic mass is 10.0. The molecule has 25 heavy (non-hydrogen) atoms. The number of pyridine rings is 1. The van der Waals surface area contributed by atoms with Crippen molar-refractivity contribution in [1.82, 2.24) is 4.57 Å². The van der Waals surface area contributed by atoms with Gasteiger partial charge in [0.05, 0.1) is 11.6 Å². The number of hydrogen-bond acceptors (Lipinski definition) is 3. The number of nitrogens with zero attached hydrogens (tertiary/aromatic N) is 4. The molecule has 3 rings (SSSR count). The molecule has 1 aliphatic carbocycles. The molecule has 1 aromatic carbocycles. The molecule has 1 unspecified atom stereocenters. The largest absolute Gasteiger partial charge is 0.329 e. The van der Waals surface area contributed by atoms with Crippen LogP contribution < -0.4 is 5.49 Å². The van der Waals surface area contributed by atoms with Gasteiger partial charge in [-0.3, -0.25) is 0 Å². The van der Waals surface area contributed by atoms with Crippen LogP contribution in [0.15, 0.2) is 46.7 Å². The first kappa shape index (κ1) is 17.0. The molecule has 128 valence electrons. The first-order chi connectivity index (χ1) is 12.0. The average molecular weight is 344 g/mol. The van der Waals surface area contributed by atoms with Crippen LogP contribution in [-0.2, 0) is 6.54 Å². The van der Waals surface area contributed by atoms with Crippen LogP contribution in [0.3, 0.4) is 0 Å². The van der Waals surface area contributed by atoms with Crippen LogP contribution in [0.1, 0.15) is 18.4 Å². The number of benzene rings is 1. The van der Waals surface area contributed by atoms with Crippen molar-refractivity contribution in [3.63, 3.8) is 0 Å². The van der Waals surface area contributed by atoms with Crippen LogP contribution in [0.5, 0.6) is 0 Å².